The molecule has 1 amide bonds. The van der Waals surface area contributed by atoms with Gasteiger partial charge < -0.3 is 55.5 Å². The summed E-state index contributed by atoms with van der Waals surface area (Å²) in [5.41, 5.74) is 3.87. The first-order valence-electron chi connectivity index (χ1n) is 12.4. The fraction of sp³-hybridized carbons (Fsp3) is 0.727. The van der Waals surface area contributed by atoms with Crippen LogP contribution < -0.4 is 17.0 Å². The molecule has 12 atom stereocenters. The second-order valence-corrected chi connectivity index (χ2v) is 10.0. The number of nitrogens with two attached hydrogens (primary N) is 1. The average Bonchev–Trinajstić information content (AvgIpc) is 3.29. The number of nitrogens with zero attached hydrogens (tertiary/aromatic N) is 3. The van der Waals surface area contributed by atoms with Crippen molar-refractivity contribution < 1.29 is 54.4 Å². The second kappa shape index (κ2) is 11.6. The lowest BCUT2D eigenvalue weighted by molar-refractivity contribution is -0.233. The average molecular weight is 576 g/mol. The zero-order valence-corrected chi connectivity index (χ0v) is 21.5. The Morgan fingerprint density at radius 2 is 1.77 bits per heavy atom. The van der Waals surface area contributed by atoms with Crippen molar-refractivity contribution in [1.29, 1.82) is 0 Å². The molecule has 0 aromatic carbocycles. The third-order valence-electron chi connectivity index (χ3n) is 7.46. The summed E-state index contributed by atoms with van der Waals surface area (Å²) >= 11 is 0. The van der Waals surface area contributed by atoms with Crippen molar-refractivity contribution in [3.63, 3.8) is 0 Å². The van der Waals surface area contributed by atoms with Gasteiger partial charge in [0.15, 0.2) is 18.6 Å². The number of hydrogen-bond acceptors (Lipinski definition) is 14. The van der Waals surface area contributed by atoms with Crippen LogP contribution in [0.25, 0.3) is 0 Å². The van der Waals surface area contributed by atoms with Crippen LogP contribution in [0.5, 0.6) is 0 Å². The molecule has 3 aliphatic heterocycles. The minimum Gasteiger partial charge on any atom is -0.480 e. The number of nitrogens with one attached hydrogen (secondary N) is 1. The van der Waals surface area contributed by atoms with Gasteiger partial charge in [-0.15, -0.1) is 0 Å². The van der Waals surface area contributed by atoms with Gasteiger partial charge in [-0.05, 0) is 7.05 Å². The Kier molecular flexibility index (Phi) is 8.76. The molecule has 4 rings (SSSR count). The first kappa shape index (κ1) is 30.2. The predicted molar refractivity (Wildman–Crippen MR) is 128 cm³/mol. The zero-order chi connectivity index (χ0) is 29.6. The fourth-order valence-electron chi connectivity index (χ4n) is 5.35. The van der Waals surface area contributed by atoms with Crippen molar-refractivity contribution in [2.24, 2.45) is 5.73 Å². The summed E-state index contributed by atoms with van der Waals surface area (Å²) in [7, 11) is 2.51. The zero-order valence-electron chi connectivity index (χ0n) is 21.5. The quantitative estimate of drug-likeness (QED) is 0.150. The lowest BCUT2D eigenvalue weighted by Gasteiger charge is -2.38. The number of carboxylic acids is 1. The van der Waals surface area contributed by atoms with Gasteiger partial charge >= 0.3 is 11.7 Å². The van der Waals surface area contributed by atoms with Crippen LogP contribution in [-0.2, 0) is 23.8 Å². The number of aliphatic hydroxyl groups is 5. The van der Waals surface area contributed by atoms with Crippen LogP contribution in [0.1, 0.15) is 6.23 Å². The molecular formula is C22H33N5O13. The van der Waals surface area contributed by atoms with Crippen LogP contribution in [0, 0.1) is 0 Å². The molecule has 0 aliphatic carbocycles. The van der Waals surface area contributed by atoms with Crippen LogP contribution in [0.3, 0.4) is 0 Å². The van der Waals surface area contributed by atoms with Crippen molar-refractivity contribution in [2.75, 3.05) is 27.2 Å². The van der Waals surface area contributed by atoms with E-state index in [4.69, 9.17) is 19.9 Å². The number of aliphatic carboxylic acids is 1. The van der Waals surface area contributed by atoms with E-state index in [9.17, 15) is 49.8 Å². The first-order chi connectivity index (χ1) is 18.8. The maximum absolute atomic E-state index is 13.6. The largest absolute Gasteiger partial charge is 0.480 e. The summed E-state index contributed by atoms with van der Waals surface area (Å²) < 4.78 is 18.1. The summed E-state index contributed by atoms with van der Waals surface area (Å²) in [5, 5.41) is 62.8. The van der Waals surface area contributed by atoms with Crippen molar-refractivity contribution in [3.8, 4) is 0 Å². The van der Waals surface area contributed by atoms with E-state index in [1.54, 1.807) is 0 Å². The molecule has 9 unspecified atom stereocenters. The molecule has 4 heterocycles. The number of aromatic amines is 1. The molecule has 3 aliphatic rings. The molecule has 18 nitrogen and oxygen atoms in total. The summed E-state index contributed by atoms with van der Waals surface area (Å²) in [6, 6.07) is -2.18. The molecule has 224 valence electrons. The fourth-order valence-corrected chi connectivity index (χ4v) is 5.35. The topological polar surface area (TPSA) is 271 Å². The molecular weight excluding hydrogens is 542 g/mol. The third-order valence-corrected chi connectivity index (χ3v) is 7.46. The normalized spacial score (nSPS) is 39.9. The number of β-amino-alcohol motifs (C(OH)–C–C–N with tert-alkyl or cyclic N) is 1. The minimum absolute atomic E-state index is 0.210. The molecule has 0 spiro atoms. The van der Waals surface area contributed by atoms with Gasteiger partial charge in [0.1, 0.15) is 48.8 Å². The van der Waals surface area contributed by atoms with E-state index in [0.29, 0.717) is 0 Å². The smallest absolute Gasteiger partial charge is 0.330 e. The Hall–Kier alpha value is -2.78. The molecule has 40 heavy (non-hydrogen) atoms. The molecule has 3 fully saturated rings. The van der Waals surface area contributed by atoms with Crippen LogP contribution in [-0.4, -0.2) is 156 Å². The number of aliphatic hydroxyl groups excluding tert-OH is 5. The van der Waals surface area contributed by atoms with Gasteiger partial charge in [-0.3, -0.25) is 24.0 Å². The second-order valence-electron chi connectivity index (χ2n) is 10.0. The van der Waals surface area contributed by atoms with Gasteiger partial charge in [-0.1, -0.05) is 0 Å². The number of rotatable bonds is 7. The number of carboxylic acid groups (broad SMARTS) is 1. The number of H-pyrrole nitrogens is 1. The molecule has 0 saturated carbocycles. The van der Waals surface area contributed by atoms with Crippen LogP contribution in [0.4, 0.5) is 0 Å². The molecule has 0 bridgehead atoms. The van der Waals surface area contributed by atoms with Gasteiger partial charge in [0.25, 0.3) is 5.56 Å². The Labute approximate surface area is 225 Å². The highest BCUT2D eigenvalue weighted by molar-refractivity contribution is 5.88. The molecule has 1 aromatic heterocycles. The van der Waals surface area contributed by atoms with Crippen molar-refractivity contribution in [3.05, 3.63) is 33.1 Å². The van der Waals surface area contributed by atoms with E-state index >= 15 is 0 Å². The van der Waals surface area contributed by atoms with Crippen molar-refractivity contribution in [2.45, 2.75) is 73.4 Å². The van der Waals surface area contributed by atoms with Gasteiger partial charge in [0.2, 0.25) is 5.91 Å². The maximum atomic E-state index is 13.6. The highest BCUT2D eigenvalue weighted by Crippen LogP contribution is 2.36. The summed E-state index contributed by atoms with van der Waals surface area (Å²) in [4.78, 5) is 53.4. The number of aromatic nitrogens is 2. The Morgan fingerprint density at radius 1 is 1.10 bits per heavy atom. The van der Waals surface area contributed by atoms with Crippen molar-refractivity contribution in [1.82, 2.24) is 19.4 Å². The first-order valence-corrected chi connectivity index (χ1v) is 12.4. The van der Waals surface area contributed by atoms with E-state index in [2.05, 4.69) is 0 Å². The van der Waals surface area contributed by atoms with E-state index in [1.807, 2.05) is 4.98 Å². The Balaban J connectivity index is 1.75. The van der Waals surface area contributed by atoms with Crippen molar-refractivity contribution >= 4 is 11.9 Å². The minimum atomic E-state index is -1.84. The van der Waals surface area contributed by atoms with Gasteiger partial charge in [-0.25, -0.2) is 9.59 Å². The van der Waals surface area contributed by atoms with Gasteiger partial charge in [-0.2, -0.15) is 0 Å². The van der Waals surface area contributed by atoms with E-state index in [0.717, 1.165) is 28.8 Å². The highest BCUT2D eigenvalue weighted by Gasteiger charge is 2.56. The Bertz CT molecular complexity index is 1210. The van der Waals surface area contributed by atoms with Crippen LogP contribution in [0.15, 0.2) is 21.9 Å². The molecule has 9 N–H and O–H groups in total. The maximum Gasteiger partial charge on any atom is 0.330 e. The Morgan fingerprint density at radius 3 is 2.35 bits per heavy atom. The predicted octanol–water partition coefficient (Wildman–Crippen LogP) is -6.47. The lowest BCUT2D eigenvalue weighted by Crippen LogP contribution is -2.59. The van der Waals surface area contributed by atoms with E-state index in [1.165, 1.54) is 11.9 Å². The van der Waals surface area contributed by atoms with Gasteiger partial charge in [0, 0.05) is 32.4 Å². The number of carbonyl (C=O) groups is 2. The van der Waals surface area contributed by atoms with Gasteiger partial charge in [0.05, 0.1) is 6.10 Å². The molecule has 0 radical (unpaired) electrons. The van der Waals surface area contributed by atoms with Crippen LogP contribution >= 0.6 is 0 Å². The summed E-state index contributed by atoms with van der Waals surface area (Å²) in [6.07, 6.45) is -14.8. The summed E-state index contributed by atoms with van der Waals surface area (Å²) in [6.45, 7) is -0.577. The molecule has 18 heteroatoms. The number of amides is 1. The van der Waals surface area contributed by atoms with Crippen LogP contribution in [0.2, 0.25) is 0 Å². The number of ether oxygens (including phenoxy) is 3. The monoisotopic (exact) mass is 575 g/mol. The summed E-state index contributed by atoms with van der Waals surface area (Å²) in [5.74, 6) is -2.38. The molecule has 3 saturated heterocycles. The molecule has 1 aromatic rings. The standard InChI is InChI=1S/C22H33N5O13/c1-25-6-7(28)10(20(35)36)26(2)18(34)11(25)16(40-21-15(33)12(30)8(5-23)38-21)17-13(31)14(32)19(39-17)27-4-3-9(29)24-22(27)37/h3-4,7-8,10-17,19,21,28,30-33H,5-6,23H2,1-2H3,(H,35,36)(H,24,29,37)/t7-,8?,10-,11?,12?,13?,14?,15?,16-,17?,19?,21?/m0/s1. The number of hydrogen-bond donors (Lipinski definition) is 8. The van der Waals surface area contributed by atoms with E-state index < -0.39 is 96.6 Å². The lowest BCUT2D eigenvalue weighted by atomic mass is 9.97. The highest BCUT2D eigenvalue weighted by atomic mass is 16.7. The number of likely N-dealkylation sites (N-methyl/N-ethyl adjacent to an activating group) is 2. The third kappa shape index (κ3) is 5.30. The van der Waals surface area contributed by atoms with E-state index in [-0.39, 0.29) is 13.1 Å². The number of carbonyl (C=O) groups excluding carboxylic acids is 1. The SMILES string of the molecule is CN1C[C@H](O)[C@@H](C(=O)O)N(C)C(=O)C1[C@H](OC1OC(CN)C(O)C1O)C1OC(n2ccc(=O)[nH]c2=O)C(O)C1O.